The molecule has 0 amide bonds. The molecule has 0 N–H and O–H groups in total. The molecule has 8 aromatic carbocycles. The van der Waals surface area contributed by atoms with E-state index in [9.17, 15) is 5.26 Å². The summed E-state index contributed by atoms with van der Waals surface area (Å²) in [5, 5.41) is 9.49. The average molecular weight is 807 g/mol. The Morgan fingerprint density at radius 3 is 1.22 bits per heavy atom. The van der Waals surface area contributed by atoms with E-state index in [-0.39, 0.29) is 0 Å². The fraction of sp³-hybridized carbons (Fsp3) is 0.0175. The number of benzene rings is 8. The molecule has 0 saturated carbocycles. The number of hydrogen-bond donors (Lipinski definition) is 0. The van der Waals surface area contributed by atoms with Gasteiger partial charge in [-0.05, 0) is 64.6 Å². The molecule has 2 aromatic heterocycles. The zero-order valence-corrected chi connectivity index (χ0v) is 34.4. The van der Waals surface area contributed by atoms with Crippen LogP contribution in [0.2, 0.25) is 0 Å². The lowest BCUT2D eigenvalue weighted by Crippen LogP contribution is -2.01. The van der Waals surface area contributed by atoms with Crippen LogP contribution < -0.4 is 0 Å². The van der Waals surface area contributed by atoms with Gasteiger partial charge in [-0.1, -0.05) is 188 Å². The van der Waals surface area contributed by atoms with Crippen LogP contribution in [0.15, 0.2) is 212 Å². The van der Waals surface area contributed by atoms with Crippen molar-refractivity contribution >= 4 is 0 Å². The van der Waals surface area contributed by atoms with E-state index < -0.39 is 0 Å². The Kier molecular flexibility index (Phi) is 10.5. The van der Waals surface area contributed by atoms with Gasteiger partial charge in [-0.25, -0.2) is 24.9 Å². The summed E-state index contributed by atoms with van der Waals surface area (Å²) in [5.41, 5.74) is 15.3. The molecule has 10 rings (SSSR count). The van der Waals surface area contributed by atoms with Crippen LogP contribution in [0.4, 0.5) is 0 Å². The molecule has 0 aliphatic carbocycles. The van der Waals surface area contributed by atoms with Gasteiger partial charge in [0.05, 0.1) is 23.0 Å². The first-order chi connectivity index (χ1) is 31.1. The van der Waals surface area contributed by atoms with E-state index in [1.807, 2.05) is 115 Å². The second kappa shape index (κ2) is 17.1. The van der Waals surface area contributed by atoms with Crippen molar-refractivity contribution in [2.75, 3.05) is 0 Å². The van der Waals surface area contributed by atoms with E-state index in [4.69, 9.17) is 24.9 Å². The van der Waals surface area contributed by atoms with E-state index in [2.05, 4.69) is 110 Å². The van der Waals surface area contributed by atoms with Gasteiger partial charge in [0.1, 0.15) is 0 Å². The van der Waals surface area contributed by atoms with Gasteiger partial charge in [-0.15, -0.1) is 0 Å². The van der Waals surface area contributed by atoms with Crippen molar-refractivity contribution in [1.29, 1.82) is 5.26 Å². The fourth-order valence-electron chi connectivity index (χ4n) is 7.95. The van der Waals surface area contributed by atoms with Crippen LogP contribution >= 0.6 is 0 Å². The standard InChI is InChI=1S/C57H38N6/c1-38-52(41-17-5-2-6-18-41)59-57(60-53(38)42-19-7-3-8-20-42)51-29-12-11-28-50(51)40-30-32-44(33-31-40)55-61-54(43-21-9-4-10-22-43)62-56(63-55)49-27-15-26-48(36-49)47-25-14-24-46(35-47)45-23-13-16-39(34-45)37-58/h2-36H,1H3. The molecule has 10 aromatic rings. The lowest BCUT2D eigenvalue weighted by atomic mass is 9.96. The minimum atomic E-state index is 0.574. The maximum atomic E-state index is 9.49. The molecule has 0 spiro atoms. The van der Waals surface area contributed by atoms with Gasteiger partial charge >= 0.3 is 0 Å². The van der Waals surface area contributed by atoms with Gasteiger partial charge in [0, 0.05) is 38.9 Å². The minimum absolute atomic E-state index is 0.574. The molecule has 296 valence electrons. The highest BCUT2D eigenvalue weighted by atomic mass is 15.0. The predicted molar refractivity (Wildman–Crippen MR) is 254 cm³/mol. The summed E-state index contributed by atoms with van der Waals surface area (Å²) >= 11 is 0. The summed E-state index contributed by atoms with van der Waals surface area (Å²) in [6.45, 7) is 2.10. The minimum Gasteiger partial charge on any atom is -0.228 e. The summed E-state index contributed by atoms with van der Waals surface area (Å²) in [6, 6.07) is 73.9. The van der Waals surface area contributed by atoms with Gasteiger partial charge in [0.15, 0.2) is 23.3 Å². The van der Waals surface area contributed by atoms with E-state index in [0.717, 1.165) is 83.7 Å². The molecule has 6 heteroatoms. The third-order valence-corrected chi connectivity index (χ3v) is 11.2. The third-order valence-electron chi connectivity index (χ3n) is 11.2. The van der Waals surface area contributed by atoms with Crippen LogP contribution in [-0.2, 0) is 0 Å². The highest BCUT2D eigenvalue weighted by Crippen LogP contribution is 2.37. The second-order valence-corrected chi connectivity index (χ2v) is 15.3. The molecular weight excluding hydrogens is 769 g/mol. The van der Waals surface area contributed by atoms with E-state index >= 15 is 0 Å². The fourth-order valence-corrected chi connectivity index (χ4v) is 7.95. The van der Waals surface area contributed by atoms with Gasteiger partial charge in [0.2, 0.25) is 0 Å². The Morgan fingerprint density at radius 1 is 0.302 bits per heavy atom. The predicted octanol–water partition coefficient (Wildman–Crippen LogP) is 13.8. The molecule has 63 heavy (non-hydrogen) atoms. The molecule has 0 aliphatic heterocycles. The van der Waals surface area contributed by atoms with Gasteiger partial charge < -0.3 is 0 Å². The highest BCUT2D eigenvalue weighted by molar-refractivity contribution is 5.85. The van der Waals surface area contributed by atoms with Crippen LogP contribution in [0.3, 0.4) is 0 Å². The Labute approximate surface area is 366 Å². The number of rotatable bonds is 9. The highest BCUT2D eigenvalue weighted by Gasteiger charge is 2.19. The van der Waals surface area contributed by atoms with Gasteiger partial charge in [-0.2, -0.15) is 5.26 Å². The van der Waals surface area contributed by atoms with E-state index in [1.165, 1.54) is 0 Å². The SMILES string of the molecule is Cc1c(-c2ccccc2)nc(-c2ccccc2-c2ccc(-c3nc(-c4ccccc4)nc(-c4cccc(-c5cccc(-c6cccc(C#N)c6)c5)c4)n3)cc2)nc1-c1ccccc1. The molecule has 0 atom stereocenters. The molecule has 0 fully saturated rings. The van der Waals surface area contributed by atoms with Gasteiger partial charge in [0.25, 0.3) is 0 Å². The van der Waals surface area contributed by atoms with Crippen molar-refractivity contribution in [3.05, 3.63) is 223 Å². The summed E-state index contributed by atoms with van der Waals surface area (Å²) in [7, 11) is 0. The molecular formula is C57H38N6. The maximum Gasteiger partial charge on any atom is 0.164 e. The topological polar surface area (TPSA) is 88.2 Å². The van der Waals surface area contributed by atoms with Crippen LogP contribution in [-0.4, -0.2) is 24.9 Å². The monoisotopic (exact) mass is 806 g/mol. The van der Waals surface area contributed by atoms with Crippen LogP contribution in [0, 0.1) is 18.3 Å². The first kappa shape index (κ1) is 38.5. The van der Waals surface area contributed by atoms with Crippen LogP contribution in [0.5, 0.6) is 0 Å². The lowest BCUT2D eigenvalue weighted by molar-refractivity contribution is 1.07. The van der Waals surface area contributed by atoms with Crippen molar-refractivity contribution in [1.82, 2.24) is 24.9 Å². The second-order valence-electron chi connectivity index (χ2n) is 15.3. The third kappa shape index (κ3) is 8.03. The smallest absolute Gasteiger partial charge is 0.164 e. The first-order valence-corrected chi connectivity index (χ1v) is 20.8. The van der Waals surface area contributed by atoms with Crippen LogP contribution in [0.1, 0.15) is 11.1 Å². The molecule has 2 heterocycles. The molecule has 6 nitrogen and oxygen atoms in total. The maximum absolute atomic E-state index is 9.49. The van der Waals surface area contributed by atoms with Crippen molar-refractivity contribution in [3.63, 3.8) is 0 Å². The molecule has 0 saturated heterocycles. The van der Waals surface area contributed by atoms with E-state index in [0.29, 0.717) is 28.9 Å². The first-order valence-electron chi connectivity index (χ1n) is 20.8. The number of hydrogen-bond acceptors (Lipinski definition) is 6. The summed E-state index contributed by atoms with van der Waals surface area (Å²) in [6.07, 6.45) is 0. The number of nitriles is 1. The molecule has 0 radical (unpaired) electrons. The number of nitrogens with zero attached hydrogens (tertiary/aromatic N) is 6. The van der Waals surface area contributed by atoms with Crippen molar-refractivity contribution in [3.8, 4) is 108 Å². The number of aromatic nitrogens is 5. The van der Waals surface area contributed by atoms with Gasteiger partial charge in [-0.3, -0.25) is 0 Å². The zero-order chi connectivity index (χ0) is 42.5. The molecule has 0 aliphatic rings. The summed E-state index contributed by atoms with van der Waals surface area (Å²) in [5.74, 6) is 2.41. The molecule has 0 unspecified atom stereocenters. The summed E-state index contributed by atoms with van der Waals surface area (Å²) in [4.78, 5) is 25.6. The Hall–Kier alpha value is -8.66. The quantitative estimate of drug-likeness (QED) is 0.144. The Bertz CT molecular complexity index is 3230. The Balaban J connectivity index is 1.03. The average Bonchev–Trinajstić information content (AvgIpc) is 3.37. The zero-order valence-electron chi connectivity index (χ0n) is 34.4. The largest absolute Gasteiger partial charge is 0.228 e. The van der Waals surface area contributed by atoms with Crippen molar-refractivity contribution < 1.29 is 0 Å². The normalized spacial score (nSPS) is 10.9. The summed E-state index contributed by atoms with van der Waals surface area (Å²) < 4.78 is 0. The van der Waals surface area contributed by atoms with E-state index in [1.54, 1.807) is 0 Å². The van der Waals surface area contributed by atoms with Crippen molar-refractivity contribution in [2.45, 2.75) is 6.92 Å². The Morgan fingerprint density at radius 2 is 0.683 bits per heavy atom. The van der Waals surface area contributed by atoms with Crippen LogP contribution in [0.25, 0.3) is 101 Å². The van der Waals surface area contributed by atoms with Crippen molar-refractivity contribution in [2.24, 2.45) is 0 Å². The lowest BCUT2D eigenvalue weighted by Gasteiger charge is -2.16. The molecule has 0 bridgehead atoms.